The Morgan fingerprint density at radius 3 is 1.05 bits per heavy atom. The molecule has 0 saturated carbocycles. The summed E-state index contributed by atoms with van der Waals surface area (Å²) >= 11 is 0. The van der Waals surface area contributed by atoms with Gasteiger partial charge < -0.3 is 14.7 Å². The van der Waals surface area contributed by atoms with Gasteiger partial charge in [0.1, 0.15) is 0 Å². The fourth-order valence-electron chi connectivity index (χ4n) is 4.85. The lowest BCUT2D eigenvalue weighted by Gasteiger charge is -2.28. The molecule has 0 N–H and O–H groups in total. The number of rotatable bonds is 11. The maximum atomic E-state index is 2.38. The minimum Gasteiger partial charge on any atom is -0.372 e. The Bertz CT molecular complexity index is 1220. The molecule has 0 fully saturated rings. The molecule has 0 spiro atoms. The van der Waals surface area contributed by atoms with E-state index < -0.39 is 0 Å². The van der Waals surface area contributed by atoms with Crippen molar-refractivity contribution in [3.63, 3.8) is 0 Å². The molecule has 0 radical (unpaired) electrons. The van der Waals surface area contributed by atoms with Gasteiger partial charge in [0.05, 0.1) is 0 Å². The highest BCUT2D eigenvalue weighted by Gasteiger charge is 2.14. The summed E-state index contributed by atoms with van der Waals surface area (Å²) in [5, 5.41) is 0. The lowest BCUT2D eigenvalue weighted by molar-refractivity contribution is 0.866. The van der Waals surface area contributed by atoms with E-state index in [4.69, 9.17) is 0 Å². The molecule has 0 aliphatic heterocycles. The highest BCUT2D eigenvalue weighted by Crippen LogP contribution is 2.36. The maximum absolute atomic E-state index is 2.38. The zero-order valence-electron chi connectivity index (χ0n) is 23.6. The van der Waals surface area contributed by atoms with Crippen LogP contribution >= 0.6 is 0 Å². The monoisotopic (exact) mass is 503 g/mol. The molecule has 4 aromatic carbocycles. The topological polar surface area (TPSA) is 9.72 Å². The SMILES string of the molecule is CCN(CC)c1ccc(N(c2ccc(/C=C/c3ccc(C)cc3)cc2)c2ccc(N(CC)CC)cc2)cc1. The molecule has 0 amide bonds. The third-order valence-corrected chi connectivity index (χ3v) is 7.17. The Morgan fingerprint density at radius 2 is 0.711 bits per heavy atom. The first-order valence-electron chi connectivity index (χ1n) is 13.9. The van der Waals surface area contributed by atoms with E-state index in [2.05, 4.69) is 159 Å². The molecule has 0 aliphatic rings. The van der Waals surface area contributed by atoms with Crippen LogP contribution in [0.25, 0.3) is 12.2 Å². The second kappa shape index (κ2) is 13.0. The van der Waals surface area contributed by atoms with Crippen LogP contribution in [0.3, 0.4) is 0 Å². The van der Waals surface area contributed by atoms with Crippen molar-refractivity contribution in [2.75, 3.05) is 40.9 Å². The molecule has 0 heterocycles. The van der Waals surface area contributed by atoms with Gasteiger partial charge in [-0.3, -0.25) is 0 Å². The van der Waals surface area contributed by atoms with Gasteiger partial charge in [-0.15, -0.1) is 0 Å². The molecular weight excluding hydrogens is 462 g/mol. The Balaban J connectivity index is 1.66. The number of nitrogens with zero attached hydrogens (tertiary/aromatic N) is 3. The summed E-state index contributed by atoms with van der Waals surface area (Å²) in [6.07, 6.45) is 4.35. The van der Waals surface area contributed by atoms with E-state index in [0.717, 1.165) is 43.2 Å². The summed E-state index contributed by atoms with van der Waals surface area (Å²) in [5.41, 5.74) is 9.63. The second-order valence-corrected chi connectivity index (χ2v) is 9.55. The summed E-state index contributed by atoms with van der Waals surface area (Å²) in [6.45, 7) is 15.0. The van der Waals surface area contributed by atoms with Gasteiger partial charge >= 0.3 is 0 Å². The molecule has 38 heavy (non-hydrogen) atoms. The van der Waals surface area contributed by atoms with Crippen molar-refractivity contribution in [2.24, 2.45) is 0 Å². The molecule has 0 atom stereocenters. The van der Waals surface area contributed by atoms with E-state index in [0.29, 0.717) is 0 Å². The van der Waals surface area contributed by atoms with Crippen molar-refractivity contribution in [3.05, 3.63) is 114 Å². The zero-order valence-corrected chi connectivity index (χ0v) is 23.6. The third-order valence-electron chi connectivity index (χ3n) is 7.17. The van der Waals surface area contributed by atoms with Crippen LogP contribution in [0, 0.1) is 6.92 Å². The molecule has 0 saturated heterocycles. The number of hydrogen-bond donors (Lipinski definition) is 0. The third kappa shape index (κ3) is 6.47. The smallest absolute Gasteiger partial charge is 0.0463 e. The molecule has 196 valence electrons. The molecule has 0 aromatic heterocycles. The first kappa shape index (κ1) is 27.1. The Morgan fingerprint density at radius 1 is 0.421 bits per heavy atom. The van der Waals surface area contributed by atoms with Crippen LogP contribution in [0.2, 0.25) is 0 Å². The standard InChI is InChI=1S/C35H41N3/c1-6-36(7-2)31-20-24-34(25-21-31)38(35-26-22-32(23-27-35)37(8-3)9-4)33-18-16-30(17-19-33)15-14-29-12-10-28(5)11-13-29/h10-27H,6-9H2,1-5H3/b15-14+. The Kier molecular flexibility index (Phi) is 9.26. The molecule has 3 heteroatoms. The fraction of sp³-hybridized carbons (Fsp3) is 0.257. The summed E-state index contributed by atoms with van der Waals surface area (Å²) in [7, 11) is 0. The zero-order chi connectivity index (χ0) is 26.9. The van der Waals surface area contributed by atoms with E-state index in [9.17, 15) is 0 Å². The van der Waals surface area contributed by atoms with Crippen molar-refractivity contribution in [2.45, 2.75) is 34.6 Å². The van der Waals surface area contributed by atoms with Gasteiger partial charge in [0.15, 0.2) is 0 Å². The van der Waals surface area contributed by atoms with E-state index in [1.807, 2.05) is 0 Å². The van der Waals surface area contributed by atoms with Crippen LogP contribution in [0.15, 0.2) is 97.1 Å². The van der Waals surface area contributed by atoms with Gasteiger partial charge in [-0.2, -0.15) is 0 Å². The van der Waals surface area contributed by atoms with E-state index in [1.165, 1.54) is 28.1 Å². The first-order chi connectivity index (χ1) is 18.6. The summed E-state index contributed by atoms with van der Waals surface area (Å²) < 4.78 is 0. The molecule has 4 rings (SSSR count). The molecule has 0 unspecified atom stereocenters. The van der Waals surface area contributed by atoms with Crippen molar-refractivity contribution in [3.8, 4) is 0 Å². The van der Waals surface area contributed by atoms with Gasteiger partial charge in [-0.1, -0.05) is 54.1 Å². The lowest BCUT2D eigenvalue weighted by Crippen LogP contribution is -2.22. The minimum atomic E-state index is 1.00. The van der Waals surface area contributed by atoms with E-state index in [-0.39, 0.29) is 0 Å². The Labute approximate surface area is 229 Å². The van der Waals surface area contributed by atoms with Crippen molar-refractivity contribution >= 4 is 40.6 Å². The fourth-order valence-corrected chi connectivity index (χ4v) is 4.85. The second-order valence-electron chi connectivity index (χ2n) is 9.55. The normalized spacial score (nSPS) is 11.1. The van der Waals surface area contributed by atoms with Crippen molar-refractivity contribution < 1.29 is 0 Å². The Hall–Kier alpha value is -3.98. The van der Waals surface area contributed by atoms with Crippen LogP contribution < -0.4 is 14.7 Å². The van der Waals surface area contributed by atoms with E-state index >= 15 is 0 Å². The van der Waals surface area contributed by atoms with Crippen LogP contribution in [0.1, 0.15) is 44.4 Å². The minimum absolute atomic E-state index is 1.00. The number of aryl methyl sites for hydroxylation is 1. The van der Waals surface area contributed by atoms with Crippen molar-refractivity contribution in [1.82, 2.24) is 0 Å². The molecule has 4 aromatic rings. The van der Waals surface area contributed by atoms with Gasteiger partial charge in [0.25, 0.3) is 0 Å². The predicted octanol–water partition coefficient (Wildman–Crippen LogP) is 9.33. The van der Waals surface area contributed by atoms with Gasteiger partial charge in [-0.25, -0.2) is 0 Å². The number of hydrogen-bond acceptors (Lipinski definition) is 3. The van der Waals surface area contributed by atoms with Gasteiger partial charge in [0, 0.05) is 54.6 Å². The maximum Gasteiger partial charge on any atom is 0.0463 e. The van der Waals surface area contributed by atoms with Crippen LogP contribution in [-0.4, -0.2) is 26.2 Å². The summed E-state index contributed by atoms with van der Waals surface area (Å²) in [6, 6.07) is 35.3. The van der Waals surface area contributed by atoms with Gasteiger partial charge in [-0.05, 0) is 106 Å². The molecule has 0 aliphatic carbocycles. The molecule has 0 bridgehead atoms. The van der Waals surface area contributed by atoms with E-state index in [1.54, 1.807) is 0 Å². The highest BCUT2D eigenvalue weighted by atomic mass is 15.2. The van der Waals surface area contributed by atoms with Crippen molar-refractivity contribution in [1.29, 1.82) is 0 Å². The quantitative estimate of drug-likeness (QED) is 0.189. The van der Waals surface area contributed by atoms with Gasteiger partial charge in [0.2, 0.25) is 0 Å². The first-order valence-corrected chi connectivity index (χ1v) is 13.9. The predicted molar refractivity (Wildman–Crippen MR) is 168 cm³/mol. The number of anilines is 5. The highest BCUT2D eigenvalue weighted by molar-refractivity contribution is 5.79. The lowest BCUT2D eigenvalue weighted by atomic mass is 10.1. The van der Waals surface area contributed by atoms with Crippen LogP contribution in [-0.2, 0) is 0 Å². The molecule has 3 nitrogen and oxygen atoms in total. The van der Waals surface area contributed by atoms with Crippen LogP contribution in [0.5, 0.6) is 0 Å². The molecular formula is C35H41N3. The number of benzene rings is 4. The summed E-state index contributed by atoms with van der Waals surface area (Å²) in [5.74, 6) is 0. The average Bonchev–Trinajstić information content (AvgIpc) is 2.96. The summed E-state index contributed by atoms with van der Waals surface area (Å²) in [4.78, 5) is 7.09. The van der Waals surface area contributed by atoms with Crippen LogP contribution in [0.4, 0.5) is 28.4 Å². The largest absolute Gasteiger partial charge is 0.372 e. The average molecular weight is 504 g/mol.